The minimum Gasteiger partial charge on any atom is -0.618 e. The van der Waals surface area contributed by atoms with Crippen LogP contribution in [0.15, 0.2) is 35.5 Å². The number of rotatable bonds is 0. The molecule has 3 rings (SSSR count). The van der Waals surface area contributed by atoms with Gasteiger partial charge in [0, 0.05) is 12.3 Å². The molecule has 1 unspecified atom stereocenters. The molecule has 4 nitrogen and oxygen atoms in total. The molecule has 0 N–H and O–H groups in total. The van der Waals surface area contributed by atoms with Gasteiger partial charge < -0.3 is 5.21 Å². The third-order valence-corrected chi connectivity index (χ3v) is 2.81. The molecule has 86 valence electrons. The maximum Gasteiger partial charge on any atom is 0.240 e. The van der Waals surface area contributed by atoms with Crippen LogP contribution in [0.3, 0.4) is 0 Å². The van der Waals surface area contributed by atoms with Gasteiger partial charge in [0.15, 0.2) is 6.30 Å². The molecule has 0 aromatic heterocycles. The van der Waals surface area contributed by atoms with E-state index in [1.54, 1.807) is 12.1 Å². The summed E-state index contributed by atoms with van der Waals surface area (Å²) in [5.41, 5.74) is 1.95. The van der Waals surface area contributed by atoms with Crippen molar-refractivity contribution >= 4 is 23.4 Å². The number of aryl methyl sites for hydroxylation is 1. The molecular weight excluding hydrogens is 221 g/mol. The minimum absolute atomic E-state index is 0.325. The highest BCUT2D eigenvalue weighted by molar-refractivity contribution is 6.36. The van der Waals surface area contributed by atoms with Crippen molar-refractivity contribution in [2.45, 2.75) is 13.2 Å². The fourth-order valence-corrected chi connectivity index (χ4v) is 2.00. The van der Waals surface area contributed by atoms with Gasteiger partial charge in [0.05, 0.1) is 0 Å². The number of hydrogen-bond acceptors (Lipinski definition) is 3. The zero-order valence-electron chi connectivity index (χ0n) is 9.17. The first-order chi connectivity index (χ1) is 8.16. The van der Waals surface area contributed by atoms with Gasteiger partial charge in [-0.15, -0.1) is 0 Å². The van der Waals surface area contributed by atoms with Gasteiger partial charge in [0.25, 0.3) is 0 Å². The zero-order chi connectivity index (χ0) is 12.0. The van der Waals surface area contributed by atoms with E-state index < -0.39 is 6.30 Å². The topological polar surface area (TPSA) is 41.7 Å². The van der Waals surface area contributed by atoms with Crippen molar-refractivity contribution in [2.24, 2.45) is 4.99 Å². The highest BCUT2D eigenvalue weighted by Gasteiger charge is 2.33. The lowest BCUT2D eigenvalue weighted by molar-refractivity contribution is -0.353. The first-order valence-corrected chi connectivity index (χ1v) is 5.26. The normalized spacial score (nSPS) is 21.5. The number of hydrogen-bond donors (Lipinski definition) is 0. The standard InChI is InChI=1S/C12H10FN3O/c1-8-2-3-9-10(6-8)15(17)7-12-14-5-4-11(13)16(9)12/h2-7,11H,1H3. The lowest BCUT2D eigenvalue weighted by Gasteiger charge is -2.30. The van der Waals surface area contributed by atoms with Crippen LogP contribution in [0.4, 0.5) is 15.8 Å². The van der Waals surface area contributed by atoms with E-state index in [9.17, 15) is 9.60 Å². The number of benzene rings is 1. The molecule has 0 saturated carbocycles. The van der Waals surface area contributed by atoms with Crippen LogP contribution in [0.5, 0.6) is 0 Å². The Morgan fingerprint density at radius 3 is 3.12 bits per heavy atom. The van der Waals surface area contributed by atoms with Crippen LogP contribution in [0.1, 0.15) is 5.56 Å². The predicted octanol–water partition coefficient (Wildman–Crippen LogP) is 2.25. The Morgan fingerprint density at radius 2 is 2.29 bits per heavy atom. The number of nitrogens with zero attached hydrogens (tertiary/aromatic N) is 3. The molecule has 5 heteroatoms. The summed E-state index contributed by atoms with van der Waals surface area (Å²) < 4.78 is 14.6. The fourth-order valence-electron chi connectivity index (χ4n) is 2.00. The number of amidine groups is 1. The van der Waals surface area contributed by atoms with Crippen molar-refractivity contribution in [1.29, 1.82) is 0 Å². The molecule has 0 amide bonds. The molecule has 2 heterocycles. The molecule has 0 saturated heterocycles. The maximum absolute atomic E-state index is 13.8. The molecule has 0 spiro atoms. The summed E-state index contributed by atoms with van der Waals surface area (Å²) in [6.45, 7) is 1.89. The summed E-state index contributed by atoms with van der Waals surface area (Å²) in [6.07, 6.45) is 2.73. The Bertz CT molecular complexity index is 577. The van der Waals surface area contributed by atoms with Crippen molar-refractivity contribution in [1.82, 2.24) is 0 Å². The summed E-state index contributed by atoms with van der Waals surface area (Å²) in [5.74, 6) is 0.325. The average Bonchev–Trinajstić information content (AvgIpc) is 2.30. The van der Waals surface area contributed by atoms with E-state index in [1.165, 1.54) is 23.4 Å². The summed E-state index contributed by atoms with van der Waals surface area (Å²) >= 11 is 0. The van der Waals surface area contributed by atoms with Crippen LogP contribution < -0.4 is 4.90 Å². The second-order valence-corrected chi connectivity index (χ2v) is 4.02. The number of fused-ring (bicyclic) bond motifs is 3. The smallest absolute Gasteiger partial charge is 0.240 e. The van der Waals surface area contributed by atoms with Crippen LogP contribution in [-0.2, 0) is 0 Å². The average molecular weight is 231 g/mol. The van der Waals surface area contributed by atoms with Crippen molar-refractivity contribution < 1.29 is 9.13 Å². The second-order valence-electron chi connectivity index (χ2n) is 4.02. The summed E-state index contributed by atoms with van der Waals surface area (Å²) in [5, 5.41) is 11.8. The minimum atomic E-state index is -1.28. The van der Waals surface area contributed by atoms with Crippen molar-refractivity contribution in [3.63, 3.8) is 0 Å². The van der Waals surface area contributed by atoms with Gasteiger partial charge in [-0.25, -0.2) is 9.38 Å². The number of aliphatic imine (C=N–C) groups is 1. The van der Waals surface area contributed by atoms with Crippen LogP contribution in [0.25, 0.3) is 0 Å². The van der Waals surface area contributed by atoms with Crippen molar-refractivity contribution in [2.75, 3.05) is 4.90 Å². The van der Waals surface area contributed by atoms with Crippen LogP contribution in [0.2, 0.25) is 0 Å². The SMILES string of the molecule is Cc1ccc2c(c1)[N+]([O-])=CC1=NC=CC(F)N12. The first-order valence-electron chi connectivity index (χ1n) is 5.26. The van der Waals surface area contributed by atoms with Crippen LogP contribution >= 0.6 is 0 Å². The third-order valence-electron chi connectivity index (χ3n) is 2.81. The molecule has 0 radical (unpaired) electrons. The molecule has 0 fully saturated rings. The van der Waals surface area contributed by atoms with E-state index in [1.807, 2.05) is 13.0 Å². The Labute approximate surface area is 97.6 Å². The summed E-state index contributed by atoms with van der Waals surface area (Å²) in [6, 6.07) is 5.32. The van der Waals surface area contributed by atoms with Crippen molar-refractivity contribution in [3.8, 4) is 0 Å². The van der Waals surface area contributed by atoms with E-state index in [0.717, 1.165) is 10.3 Å². The number of halogens is 1. The highest BCUT2D eigenvalue weighted by Crippen LogP contribution is 2.34. The Kier molecular flexibility index (Phi) is 2.01. The number of anilines is 1. The lowest BCUT2D eigenvalue weighted by Crippen LogP contribution is -2.43. The summed E-state index contributed by atoms with van der Waals surface area (Å²) in [4.78, 5) is 5.40. The van der Waals surface area contributed by atoms with Crippen LogP contribution in [0, 0.1) is 12.1 Å². The van der Waals surface area contributed by atoms with E-state index in [4.69, 9.17) is 0 Å². The van der Waals surface area contributed by atoms with E-state index in [0.29, 0.717) is 17.2 Å². The molecule has 2 aliphatic rings. The molecule has 2 aliphatic heterocycles. The first kappa shape index (κ1) is 10.0. The maximum atomic E-state index is 13.8. The van der Waals surface area contributed by atoms with Gasteiger partial charge in [-0.3, -0.25) is 4.90 Å². The van der Waals surface area contributed by atoms with Gasteiger partial charge in [0.2, 0.25) is 17.7 Å². The third kappa shape index (κ3) is 1.43. The molecule has 1 aromatic rings. The quantitative estimate of drug-likeness (QED) is 0.390. The fraction of sp³-hybridized carbons (Fsp3) is 0.167. The highest BCUT2D eigenvalue weighted by atomic mass is 19.1. The Hall–Kier alpha value is -2.17. The second kappa shape index (κ2) is 3.41. The molecule has 17 heavy (non-hydrogen) atoms. The summed E-state index contributed by atoms with van der Waals surface area (Å²) in [7, 11) is 0. The largest absolute Gasteiger partial charge is 0.618 e. The van der Waals surface area contributed by atoms with E-state index >= 15 is 0 Å². The lowest BCUT2D eigenvalue weighted by atomic mass is 10.1. The van der Waals surface area contributed by atoms with E-state index in [-0.39, 0.29) is 0 Å². The van der Waals surface area contributed by atoms with Gasteiger partial charge in [-0.1, -0.05) is 6.07 Å². The van der Waals surface area contributed by atoms with Crippen LogP contribution in [-0.4, -0.2) is 23.1 Å². The Morgan fingerprint density at radius 1 is 1.47 bits per heavy atom. The molecule has 0 aliphatic carbocycles. The molecule has 1 atom stereocenters. The van der Waals surface area contributed by atoms with Gasteiger partial charge in [-0.2, -0.15) is 4.74 Å². The monoisotopic (exact) mass is 231 g/mol. The molecule has 1 aromatic carbocycles. The van der Waals surface area contributed by atoms with Gasteiger partial charge in [-0.05, 0) is 24.6 Å². The van der Waals surface area contributed by atoms with Gasteiger partial charge >= 0.3 is 0 Å². The van der Waals surface area contributed by atoms with E-state index in [2.05, 4.69) is 4.99 Å². The van der Waals surface area contributed by atoms with Gasteiger partial charge in [0.1, 0.15) is 5.69 Å². The van der Waals surface area contributed by atoms with Crippen molar-refractivity contribution in [3.05, 3.63) is 41.2 Å². The predicted molar refractivity (Wildman–Crippen MR) is 64.5 cm³/mol. The molecule has 0 bridgehead atoms. The Balaban J connectivity index is 2.23. The zero-order valence-corrected chi connectivity index (χ0v) is 9.17. The molecular formula is C12H10FN3O. The number of alkyl halides is 1.